The summed E-state index contributed by atoms with van der Waals surface area (Å²) >= 11 is 6.10. The summed E-state index contributed by atoms with van der Waals surface area (Å²) in [5, 5.41) is 12.6. The van der Waals surface area contributed by atoms with Gasteiger partial charge in [0.25, 0.3) is 0 Å². The Labute approximate surface area is 110 Å². The van der Waals surface area contributed by atoms with E-state index in [2.05, 4.69) is 5.32 Å². The van der Waals surface area contributed by atoms with Crippen LogP contribution in [-0.4, -0.2) is 11.1 Å². The lowest BCUT2D eigenvalue weighted by Crippen LogP contribution is -1.97. The van der Waals surface area contributed by atoms with E-state index in [1.54, 1.807) is 24.3 Å². The van der Waals surface area contributed by atoms with Crippen LogP contribution in [0.15, 0.2) is 42.5 Å². The molecule has 0 aliphatic heterocycles. The minimum Gasteiger partial charge on any atom is -0.478 e. The number of para-hydroxylation sites is 1. The predicted molar refractivity (Wildman–Crippen MR) is 72.9 cm³/mol. The normalized spacial score (nSPS) is 10.1. The molecule has 0 amide bonds. The molecular weight excluding hydrogens is 250 g/mol. The van der Waals surface area contributed by atoms with E-state index in [0.717, 1.165) is 16.9 Å². The number of halogens is 1. The number of hydrogen-bond acceptors (Lipinski definition) is 2. The first kappa shape index (κ1) is 12.5. The molecule has 92 valence electrons. The van der Waals surface area contributed by atoms with Gasteiger partial charge >= 0.3 is 5.97 Å². The molecule has 0 spiro atoms. The van der Waals surface area contributed by atoms with E-state index in [9.17, 15) is 4.79 Å². The van der Waals surface area contributed by atoms with Crippen molar-refractivity contribution in [1.29, 1.82) is 0 Å². The number of nitrogens with one attached hydrogen (secondary N) is 1. The van der Waals surface area contributed by atoms with Crippen molar-refractivity contribution >= 4 is 28.9 Å². The van der Waals surface area contributed by atoms with E-state index in [0.29, 0.717) is 5.02 Å². The van der Waals surface area contributed by atoms with Crippen LogP contribution in [0.5, 0.6) is 0 Å². The van der Waals surface area contributed by atoms with E-state index in [1.165, 1.54) is 0 Å². The quantitative estimate of drug-likeness (QED) is 0.875. The van der Waals surface area contributed by atoms with Crippen molar-refractivity contribution in [2.24, 2.45) is 0 Å². The summed E-state index contributed by atoms with van der Waals surface area (Å²) in [6.45, 7) is 1.96. The van der Waals surface area contributed by atoms with Crippen molar-refractivity contribution in [2.75, 3.05) is 5.32 Å². The van der Waals surface area contributed by atoms with Gasteiger partial charge in [0.05, 0.1) is 16.3 Å². The van der Waals surface area contributed by atoms with Gasteiger partial charge in [-0.2, -0.15) is 0 Å². The Morgan fingerprint density at radius 3 is 2.39 bits per heavy atom. The SMILES string of the molecule is Cc1cccc(Cl)c1Nc1ccc(C(=O)O)cc1. The van der Waals surface area contributed by atoms with E-state index < -0.39 is 5.97 Å². The second-order valence-electron chi connectivity index (χ2n) is 3.94. The van der Waals surface area contributed by atoms with Gasteiger partial charge in [0.15, 0.2) is 0 Å². The van der Waals surface area contributed by atoms with Crippen LogP contribution >= 0.6 is 11.6 Å². The van der Waals surface area contributed by atoms with Gasteiger partial charge in [0, 0.05) is 5.69 Å². The molecule has 3 nitrogen and oxygen atoms in total. The molecule has 2 N–H and O–H groups in total. The van der Waals surface area contributed by atoms with E-state index in [1.807, 2.05) is 25.1 Å². The average molecular weight is 262 g/mol. The second-order valence-corrected chi connectivity index (χ2v) is 4.35. The van der Waals surface area contributed by atoms with Gasteiger partial charge in [-0.25, -0.2) is 4.79 Å². The number of hydrogen-bond donors (Lipinski definition) is 2. The van der Waals surface area contributed by atoms with Gasteiger partial charge in [-0.15, -0.1) is 0 Å². The highest BCUT2D eigenvalue weighted by atomic mass is 35.5. The fourth-order valence-corrected chi connectivity index (χ4v) is 1.90. The largest absolute Gasteiger partial charge is 0.478 e. The number of aryl methyl sites for hydroxylation is 1. The Morgan fingerprint density at radius 2 is 1.83 bits per heavy atom. The lowest BCUT2D eigenvalue weighted by molar-refractivity contribution is 0.0697. The molecule has 2 aromatic rings. The molecule has 2 aromatic carbocycles. The molecule has 0 unspecified atom stereocenters. The molecule has 0 aliphatic rings. The number of carboxylic acid groups (broad SMARTS) is 1. The topological polar surface area (TPSA) is 49.3 Å². The summed E-state index contributed by atoms with van der Waals surface area (Å²) in [6.07, 6.45) is 0. The maximum Gasteiger partial charge on any atom is 0.335 e. The van der Waals surface area contributed by atoms with Crippen LogP contribution in [0.1, 0.15) is 15.9 Å². The minimum absolute atomic E-state index is 0.261. The Balaban J connectivity index is 2.26. The third kappa shape index (κ3) is 2.63. The highest BCUT2D eigenvalue weighted by Crippen LogP contribution is 2.28. The van der Waals surface area contributed by atoms with Crippen LogP contribution in [0.3, 0.4) is 0 Å². The Bertz CT molecular complexity index is 559. The van der Waals surface area contributed by atoms with E-state index >= 15 is 0 Å². The lowest BCUT2D eigenvalue weighted by atomic mass is 10.1. The molecule has 4 heteroatoms. The van der Waals surface area contributed by atoms with Crippen LogP contribution < -0.4 is 5.32 Å². The first-order valence-corrected chi connectivity index (χ1v) is 5.81. The third-order valence-electron chi connectivity index (χ3n) is 2.62. The molecule has 0 aromatic heterocycles. The van der Waals surface area contributed by atoms with Crippen LogP contribution in [0.4, 0.5) is 11.4 Å². The van der Waals surface area contributed by atoms with Crippen molar-refractivity contribution in [3.8, 4) is 0 Å². The van der Waals surface area contributed by atoms with E-state index in [-0.39, 0.29) is 5.56 Å². The molecule has 0 bridgehead atoms. The molecule has 2 rings (SSSR count). The van der Waals surface area contributed by atoms with Crippen LogP contribution in [0, 0.1) is 6.92 Å². The number of anilines is 2. The maximum atomic E-state index is 10.7. The van der Waals surface area contributed by atoms with Gasteiger partial charge in [-0.3, -0.25) is 0 Å². The summed E-state index contributed by atoms with van der Waals surface area (Å²) in [4.78, 5) is 10.7. The van der Waals surface area contributed by atoms with Crippen molar-refractivity contribution in [3.63, 3.8) is 0 Å². The predicted octanol–water partition coefficient (Wildman–Crippen LogP) is 4.09. The lowest BCUT2D eigenvalue weighted by Gasteiger charge is -2.11. The van der Waals surface area contributed by atoms with Crippen molar-refractivity contribution in [2.45, 2.75) is 6.92 Å². The Morgan fingerprint density at radius 1 is 1.17 bits per heavy atom. The van der Waals surface area contributed by atoms with Crippen molar-refractivity contribution < 1.29 is 9.90 Å². The van der Waals surface area contributed by atoms with Crippen LogP contribution in [0.25, 0.3) is 0 Å². The fraction of sp³-hybridized carbons (Fsp3) is 0.0714. The first-order valence-electron chi connectivity index (χ1n) is 5.43. The number of rotatable bonds is 3. The molecular formula is C14H12ClNO2. The molecule has 0 saturated carbocycles. The highest BCUT2D eigenvalue weighted by molar-refractivity contribution is 6.33. The van der Waals surface area contributed by atoms with Crippen LogP contribution in [-0.2, 0) is 0 Å². The minimum atomic E-state index is -0.935. The standard InChI is InChI=1S/C14H12ClNO2/c1-9-3-2-4-12(15)13(9)16-11-7-5-10(6-8-11)14(17)18/h2-8,16H,1H3,(H,17,18). The average Bonchev–Trinajstić information content (AvgIpc) is 2.34. The van der Waals surface area contributed by atoms with Crippen molar-refractivity contribution in [3.05, 3.63) is 58.6 Å². The molecule has 0 aliphatic carbocycles. The zero-order valence-electron chi connectivity index (χ0n) is 9.77. The van der Waals surface area contributed by atoms with Crippen LogP contribution in [0.2, 0.25) is 5.02 Å². The van der Waals surface area contributed by atoms with Gasteiger partial charge in [-0.1, -0.05) is 23.7 Å². The maximum absolute atomic E-state index is 10.7. The number of carbonyl (C=O) groups is 1. The molecule has 0 saturated heterocycles. The number of benzene rings is 2. The first-order chi connectivity index (χ1) is 8.58. The summed E-state index contributed by atoms with van der Waals surface area (Å²) in [5.41, 5.74) is 2.93. The monoisotopic (exact) mass is 261 g/mol. The van der Waals surface area contributed by atoms with Crippen molar-refractivity contribution in [1.82, 2.24) is 0 Å². The van der Waals surface area contributed by atoms with Gasteiger partial charge in [0.2, 0.25) is 0 Å². The van der Waals surface area contributed by atoms with Gasteiger partial charge in [0.1, 0.15) is 0 Å². The van der Waals surface area contributed by atoms with Gasteiger partial charge in [-0.05, 0) is 42.8 Å². The Kier molecular flexibility index (Phi) is 3.53. The number of aromatic carboxylic acids is 1. The van der Waals surface area contributed by atoms with E-state index in [4.69, 9.17) is 16.7 Å². The Hall–Kier alpha value is -2.00. The zero-order chi connectivity index (χ0) is 13.1. The van der Waals surface area contributed by atoms with Gasteiger partial charge < -0.3 is 10.4 Å². The molecule has 0 radical (unpaired) electrons. The molecule has 0 heterocycles. The number of carboxylic acids is 1. The fourth-order valence-electron chi connectivity index (χ4n) is 1.63. The zero-order valence-corrected chi connectivity index (χ0v) is 10.5. The summed E-state index contributed by atoms with van der Waals surface area (Å²) < 4.78 is 0. The molecule has 0 fully saturated rings. The smallest absolute Gasteiger partial charge is 0.335 e. The second kappa shape index (κ2) is 5.10. The summed E-state index contributed by atoms with van der Waals surface area (Å²) in [7, 11) is 0. The molecule has 0 atom stereocenters. The highest BCUT2D eigenvalue weighted by Gasteiger charge is 2.05. The summed E-state index contributed by atoms with van der Waals surface area (Å²) in [5.74, 6) is -0.935. The summed E-state index contributed by atoms with van der Waals surface area (Å²) in [6, 6.07) is 12.2. The molecule has 18 heavy (non-hydrogen) atoms. The third-order valence-corrected chi connectivity index (χ3v) is 2.94.